The van der Waals surface area contributed by atoms with Gasteiger partial charge in [-0.3, -0.25) is 15.0 Å². The zero-order valence-corrected chi connectivity index (χ0v) is 11.9. The van der Waals surface area contributed by atoms with Gasteiger partial charge >= 0.3 is 0 Å². The van der Waals surface area contributed by atoms with Gasteiger partial charge in [-0.25, -0.2) is 5.84 Å². The molecule has 0 unspecified atom stereocenters. The first-order valence-corrected chi connectivity index (χ1v) is 6.74. The van der Waals surface area contributed by atoms with Gasteiger partial charge in [-0.05, 0) is 50.5 Å². The van der Waals surface area contributed by atoms with E-state index >= 15 is 0 Å². The number of Topliss-reactive ketones (excluding diaryl/α,β-unsaturated/α-hetero) is 1. The van der Waals surface area contributed by atoms with E-state index in [0.717, 1.165) is 24.0 Å². The van der Waals surface area contributed by atoms with Crippen molar-refractivity contribution in [2.75, 3.05) is 6.61 Å². The molecule has 0 fully saturated rings. The van der Waals surface area contributed by atoms with Gasteiger partial charge in [0, 0.05) is 12.0 Å². The maximum atomic E-state index is 11.7. The van der Waals surface area contributed by atoms with Crippen molar-refractivity contribution in [3.8, 4) is 5.75 Å². The number of nitrogens with two attached hydrogens (primary N) is 1. The molecule has 2 rings (SSSR count). The Balaban J connectivity index is 2.08. The molecule has 1 aromatic rings. The van der Waals surface area contributed by atoms with E-state index in [1.807, 2.05) is 12.1 Å². The number of amides is 1. The highest BCUT2D eigenvalue weighted by Gasteiger charge is 2.28. The lowest BCUT2D eigenvalue weighted by molar-refractivity contribution is -0.130. The number of benzene rings is 1. The first-order valence-electron chi connectivity index (χ1n) is 6.74. The molecule has 0 aromatic heterocycles. The highest BCUT2D eigenvalue weighted by molar-refractivity contribution is 5.98. The van der Waals surface area contributed by atoms with Crippen LogP contribution in [0, 0.1) is 5.41 Å². The molecule has 3 N–H and O–H groups in total. The summed E-state index contributed by atoms with van der Waals surface area (Å²) in [6.07, 6.45) is 2.40. The number of aryl methyl sites for hydroxylation is 1. The van der Waals surface area contributed by atoms with Gasteiger partial charge in [-0.2, -0.15) is 0 Å². The minimum atomic E-state index is -0.708. The third kappa shape index (κ3) is 2.99. The molecule has 0 spiro atoms. The summed E-state index contributed by atoms with van der Waals surface area (Å²) >= 11 is 0. The zero-order chi connectivity index (χ0) is 14.8. The number of ketones is 1. The number of nitrogens with one attached hydrogen (secondary N) is 1. The smallest absolute Gasteiger partial charge is 0.242 e. The zero-order valence-electron chi connectivity index (χ0n) is 11.9. The van der Waals surface area contributed by atoms with E-state index in [1.54, 1.807) is 19.9 Å². The van der Waals surface area contributed by atoms with Crippen LogP contribution in [0.5, 0.6) is 5.75 Å². The molecule has 108 valence electrons. The average molecular weight is 276 g/mol. The van der Waals surface area contributed by atoms with Gasteiger partial charge in [-0.1, -0.05) is 0 Å². The Morgan fingerprint density at radius 1 is 1.40 bits per heavy atom. The third-order valence-corrected chi connectivity index (χ3v) is 3.57. The Morgan fingerprint density at radius 3 is 2.85 bits per heavy atom. The third-order valence-electron chi connectivity index (χ3n) is 3.57. The number of hydrogen-bond donors (Lipinski definition) is 2. The summed E-state index contributed by atoms with van der Waals surface area (Å²) in [5.41, 5.74) is 3.25. The van der Waals surface area contributed by atoms with Gasteiger partial charge in [0.05, 0.1) is 5.41 Å². The van der Waals surface area contributed by atoms with E-state index in [0.29, 0.717) is 12.2 Å². The summed E-state index contributed by atoms with van der Waals surface area (Å²) < 4.78 is 5.67. The number of hydrogen-bond acceptors (Lipinski definition) is 4. The van der Waals surface area contributed by atoms with E-state index < -0.39 is 5.41 Å². The molecule has 5 heteroatoms. The van der Waals surface area contributed by atoms with E-state index in [-0.39, 0.29) is 18.3 Å². The van der Waals surface area contributed by atoms with Crippen LogP contribution in [0.15, 0.2) is 18.2 Å². The summed E-state index contributed by atoms with van der Waals surface area (Å²) in [4.78, 5) is 23.3. The summed E-state index contributed by atoms with van der Waals surface area (Å²) in [6.45, 7) is 3.75. The number of rotatable bonds is 4. The van der Waals surface area contributed by atoms with Crippen molar-refractivity contribution in [3.05, 3.63) is 29.3 Å². The Kier molecular flexibility index (Phi) is 4.09. The van der Waals surface area contributed by atoms with Crippen molar-refractivity contribution in [2.24, 2.45) is 11.3 Å². The van der Waals surface area contributed by atoms with Gasteiger partial charge in [0.2, 0.25) is 5.91 Å². The fraction of sp³-hybridized carbons (Fsp3) is 0.467. The van der Waals surface area contributed by atoms with Crippen LogP contribution in [0.25, 0.3) is 0 Å². The van der Waals surface area contributed by atoms with Crippen LogP contribution in [-0.2, 0) is 11.2 Å². The molecular formula is C15H20N2O3. The summed E-state index contributed by atoms with van der Waals surface area (Å²) in [7, 11) is 0. The SMILES string of the molecule is CC(C)(COc1ccc2c(c1)CCCC2=O)C(=O)NN. The van der Waals surface area contributed by atoms with E-state index in [2.05, 4.69) is 5.43 Å². The monoisotopic (exact) mass is 276 g/mol. The predicted molar refractivity (Wildman–Crippen MR) is 75.3 cm³/mol. The van der Waals surface area contributed by atoms with E-state index in [9.17, 15) is 9.59 Å². The number of fused-ring (bicyclic) bond motifs is 1. The second-order valence-corrected chi connectivity index (χ2v) is 5.74. The van der Waals surface area contributed by atoms with Gasteiger partial charge in [0.1, 0.15) is 12.4 Å². The van der Waals surface area contributed by atoms with Crippen LogP contribution in [-0.4, -0.2) is 18.3 Å². The molecule has 0 bridgehead atoms. The van der Waals surface area contributed by atoms with Crippen LogP contribution in [0.3, 0.4) is 0 Å². The van der Waals surface area contributed by atoms with Crippen molar-refractivity contribution in [2.45, 2.75) is 33.1 Å². The maximum Gasteiger partial charge on any atom is 0.242 e. The molecule has 0 saturated carbocycles. The summed E-state index contributed by atoms with van der Waals surface area (Å²) in [5.74, 6) is 5.74. The van der Waals surface area contributed by atoms with E-state index in [1.165, 1.54) is 0 Å². The molecule has 1 aliphatic carbocycles. The molecule has 1 aromatic carbocycles. The molecule has 1 amide bonds. The van der Waals surface area contributed by atoms with Crippen molar-refractivity contribution >= 4 is 11.7 Å². The second-order valence-electron chi connectivity index (χ2n) is 5.74. The van der Waals surface area contributed by atoms with Crippen molar-refractivity contribution < 1.29 is 14.3 Å². The summed E-state index contributed by atoms with van der Waals surface area (Å²) in [5, 5.41) is 0. The van der Waals surface area contributed by atoms with Crippen LogP contribution >= 0.6 is 0 Å². The van der Waals surface area contributed by atoms with E-state index in [4.69, 9.17) is 10.6 Å². The Labute approximate surface area is 118 Å². The number of carbonyl (C=O) groups excluding carboxylic acids is 2. The van der Waals surface area contributed by atoms with Gasteiger partial charge in [0.25, 0.3) is 0 Å². The Morgan fingerprint density at radius 2 is 2.15 bits per heavy atom. The second kappa shape index (κ2) is 5.63. The van der Waals surface area contributed by atoms with Crippen molar-refractivity contribution in [1.82, 2.24) is 5.43 Å². The first-order chi connectivity index (χ1) is 9.44. The molecule has 0 aliphatic heterocycles. The topological polar surface area (TPSA) is 81.4 Å². The van der Waals surface area contributed by atoms with Crippen LogP contribution < -0.4 is 16.0 Å². The lowest BCUT2D eigenvalue weighted by atomic mass is 9.90. The lowest BCUT2D eigenvalue weighted by Crippen LogP contribution is -2.44. The van der Waals surface area contributed by atoms with Crippen LogP contribution in [0.1, 0.15) is 42.6 Å². The molecule has 1 aliphatic rings. The quantitative estimate of drug-likeness (QED) is 0.497. The fourth-order valence-corrected chi connectivity index (χ4v) is 2.24. The van der Waals surface area contributed by atoms with Gasteiger partial charge < -0.3 is 4.74 Å². The first kappa shape index (κ1) is 14.5. The minimum Gasteiger partial charge on any atom is -0.492 e. The Hall–Kier alpha value is -1.88. The fourth-order valence-electron chi connectivity index (χ4n) is 2.24. The lowest BCUT2D eigenvalue weighted by Gasteiger charge is -2.23. The molecule has 0 atom stereocenters. The number of hydrazine groups is 1. The van der Waals surface area contributed by atoms with Crippen molar-refractivity contribution in [1.29, 1.82) is 0 Å². The normalized spacial score (nSPS) is 14.7. The predicted octanol–water partition coefficient (Wildman–Crippen LogP) is 1.60. The molecule has 20 heavy (non-hydrogen) atoms. The molecule has 5 nitrogen and oxygen atoms in total. The van der Waals surface area contributed by atoms with Gasteiger partial charge in [-0.15, -0.1) is 0 Å². The van der Waals surface area contributed by atoms with Gasteiger partial charge in [0.15, 0.2) is 5.78 Å². The van der Waals surface area contributed by atoms with Crippen LogP contribution in [0.4, 0.5) is 0 Å². The van der Waals surface area contributed by atoms with Crippen molar-refractivity contribution in [3.63, 3.8) is 0 Å². The largest absolute Gasteiger partial charge is 0.492 e. The Bertz CT molecular complexity index is 538. The molecule has 0 heterocycles. The minimum absolute atomic E-state index is 0.195. The maximum absolute atomic E-state index is 11.7. The number of carbonyl (C=O) groups is 2. The van der Waals surface area contributed by atoms with Crippen LogP contribution in [0.2, 0.25) is 0 Å². The molecular weight excluding hydrogens is 256 g/mol. The highest BCUT2D eigenvalue weighted by atomic mass is 16.5. The molecule has 0 saturated heterocycles. The highest BCUT2D eigenvalue weighted by Crippen LogP contribution is 2.26. The standard InChI is InChI=1S/C15H20N2O3/c1-15(2,14(19)17-16)9-20-11-6-7-12-10(8-11)4-3-5-13(12)18/h6-8H,3-5,9,16H2,1-2H3,(H,17,19). The number of ether oxygens (including phenoxy) is 1. The summed E-state index contributed by atoms with van der Waals surface area (Å²) in [6, 6.07) is 5.48. The average Bonchev–Trinajstić information content (AvgIpc) is 2.44. The molecule has 0 radical (unpaired) electrons.